The highest BCUT2D eigenvalue weighted by Crippen LogP contribution is 2.27. The van der Waals surface area contributed by atoms with Gasteiger partial charge >= 0.3 is 11.9 Å². The number of carbonyl (C=O) groups is 2. The Labute approximate surface area is 215 Å². The first kappa shape index (κ1) is 29.7. The molecule has 1 aliphatic rings. The van der Waals surface area contributed by atoms with Crippen molar-refractivity contribution in [2.24, 2.45) is 11.8 Å². The molecule has 0 saturated carbocycles. The van der Waals surface area contributed by atoms with Crippen LogP contribution in [-0.2, 0) is 35.0 Å². The molecule has 2 unspecified atom stereocenters. The normalized spacial score (nSPS) is 19.2. The number of aliphatic hydroxyl groups is 1. The third-order valence-electron chi connectivity index (χ3n) is 6.29. The monoisotopic (exact) mass is 502 g/mol. The number of unbranched alkanes of at least 4 members (excludes halogenated alkanes) is 2. The van der Waals surface area contributed by atoms with Crippen LogP contribution in [0, 0.1) is 11.8 Å². The van der Waals surface area contributed by atoms with E-state index in [0.717, 1.165) is 30.8 Å². The molecule has 1 heterocycles. The second-order valence-corrected chi connectivity index (χ2v) is 9.69. The van der Waals surface area contributed by atoms with Gasteiger partial charge in [-0.15, -0.1) is 0 Å². The van der Waals surface area contributed by atoms with Gasteiger partial charge in [0, 0.05) is 23.0 Å². The lowest BCUT2D eigenvalue weighted by molar-refractivity contribution is -0.206. The summed E-state index contributed by atoms with van der Waals surface area (Å²) >= 11 is 0. The van der Waals surface area contributed by atoms with Crippen molar-refractivity contribution in [2.45, 2.75) is 71.7 Å². The summed E-state index contributed by atoms with van der Waals surface area (Å²) in [6.45, 7) is 14.0. The lowest BCUT2D eigenvalue weighted by Gasteiger charge is -2.29. The Morgan fingerprint density at radius 2 is 1.67 bits per heavy atom. The summed E-state index contributed by atoms with van der Waals surface area (Å²) in [6, 6.07) is 8.10. The largest absolute Gasteiger partial charge is 0.462 e. The third-order valence-corrected chi connectivity index (χ3v) is 6.29. The zero-order valence-electron chi connectivity index (χ0n) is 22.0. The standard InChI is InChI=1S/C29H42O7/c1-6-7-8-9-24-18-35-29(36-19-24)26-14-12-23(13-15-26)10-11-25(16-33-27(31)20(2)3)17-34-28(32)21(4)22(5)30/h12-15,22,24-25,29-30H,2,4,6-11,16-19H2,1,3,5H3. The second kappa shape index (κ2) is 15.6. The minimum atomic E-state index is -0.986. The number of hydrogen-bond acceptors (Lipinski definition) is 7. The number of rotatable bonds is 15. The molecule has 0 amide bonds. The van der Waals surface area contributed by atoms with E-state index in [1.54, 1.807) is 6.92 Å². The Balaban J connectivity index is 1.87. The molecule has 0 aliphatic carbocycles. The maximum Gasteiger partial charge on any atom is 0.336 e. The highest BCUT2D eigenvalue weighted by molar-refractivity contribution is 5.88. The van der Waals surface area contributed by atoms with Crippen molar-refractivity contribution >= 4 is 11.9 Å². The van der Waals surface area contributed by atoms with Gasteiger partial charge in [0.2, 0.25) is 0 Å². The summed E-state index contributed by atoms with van der Waals surface area (Å²) in [5.41, 5.74) is 2.39. The van der Waals surface area contributed by atoms with Crippen molar-refractivity contribution in [3.8, 4) is 0 Å². The number of esters is 2. The van der Waals surface area contributed by atoms with E-state index in [1.807, 2.05) is 24.3 Å². The van der Waals surface area contributed by atoms with E-state index in [0.29, 0.717) is 24.3 Å². The summed E-state index contributed by atoms with van der Waals surface area (Å²) < 4.78 is 22.5. The zero-order valence-corrected chi connectivity index (χ0v) is 22.0. The van der Waals surface area contributed by atoms with Crippen LogP contribution in [0.2, 0.25) is 0 Å². The van der Waals surface area contributed by atoms with Crippen molar-refractivity contribution in [2.75, 3.05) is 26.4 Å². The maximum absolute atomic E-state index is 12.1. The number of benzene rings is 1. The van der Waals surface area contributed by atoms with Gasteiger partial charge in [-0.2, -0.15) is 0 Å². The number of carbonyl (C=O) groups excluding carboxylic acids is 2. The molecule has 7 heteroatoms. The molecule has 1 aromatic carbocycles. The molecule has 0 radical (unpaired) electrons. The van der Waals surface area contributed by atoms with Crippen LogP contribution in [0.5, 0.6) is 0 Å². The molecule has 0 bridgehead atoms. The van der Waals surface area contributed by atoms with E-state index in [2.05, 4.69) is 20.1 Å². The van der Waals surface area contributed by atoms with Gasteiger partial charge in [0.05, 0.1) is 38.1 Å². The smallest absolute Gasteiger partial charge is 0.336 e. The van der Waals surface area contributed by atoms with E-state index in [-0.39, 0.29) is 31.0 Å². The zero-order chi connectivity index (χ0) is 26.5. The first-order valence-electron chi connectivity index (χ1n) is 12.9. The fraction of sp³-hybridized carbons (Fsp3) is 0.586. The predicted molar refractivity (Wildman–Crippen MR) is 138 cm³/mol. The minimum Gasteiger partial charge on any atom is -0.462 e. The van der Waals surface area contributed by atoms with Gasteiger partial charge in [0.25, 0.3) is 0 Å². The molecule has 1 saturated heterocycles. The van der Waals surface area contributed by atoms with Gasteiger partial charge in [-0.3, -0.25) is 0 Å². The molecule has 2 atom stereocenters. The van der Waals surface area contributed by atoms with Crippen molar-refractivity contribution in [1.82, 2.24) is 0 Å². The number of aliphatic hydroxyl groups excluding tert-OH is 1. The molecule has 7 nitrogen and oxygen atoms in total. The summed E-state index contributed by atoms with van der Waals surface area (Å²) in [7, 11) is 0. The molecule has 1 N–H and O–H groups in total. The van der Waals surface area contributed by atoms with E-state index >= 15 is 0 Å². The summed E-state index contributed by atoms with van der Waals surface area (Å²) in [5.74, 6) is -0.891. The summed E-state index contributed by atoms with van der Waals surface area (Å²) in [5, 5.41) is 9.52. The summed E-state index contributed by atoms with van der Waals surface area (Å²) in [4.78, 5) is 23.9. The fourth-order valence-corrected chi connectivity index (χ4v) is 3.79. The van der Waals surface area contributed by atoms with Crippen molar-refractivity contribution < 1.29 is 33.6 Å². The molecule has 200 valence electrons. The highest BCUT2D eigenvalue weighted by atomic mass is 16.7. The second-order valence-electron chi connectivity index (χ2n) is 9.69. The Morgan fingerprint density at radius 3 is 2.22 bits per heavy atom. The van der Waals surface area contributed by atoms with Crippen LogP contribution in [0.15, 0.2) is 48.6 Å². The molecular formula is C29H42O7. The van der Waals surface area contributed by atoms with Gasteiger partial charge < -0.3 is 24.1 Å². The van der Waals surface area contributed by atoms with Gasteiger partial charge in [-0.25, -0.2) is 9.59 Å². The van der Waals surface area contributed by atoms with Crippen molar-refractivity contribution in [3.63, 3.8) is 0 Å². The fourth-order valence-electron chi connectivity index (χ4n) is 3.79. The molecule has 0 aromatic heterocycles. The van der Waals surface area contributed by atoms with Gasteiger partial charge in [0.1, 0.15) is 0 Å². The van der Waals surface area contributed by atoms with Crippen molar-refractivity contribution in [1.29, 1.82) is 0 Å². The van der Waals surface area contributed by atoms with Gasteiger partial charge in [-0.1, -0.05) is 63.6 Å². The molecule has 1 fully saturated rings. The topological polar surface area (TPSA) is 91.3 Å². The Kier molecular flexibility index (Phi) is 12.9. The maximum atomic E-state index is 12.1. The number of ether oxygens (including phenoxy) is 4. The number of aryl methyl sites for hydroxylation is 1. The van der Waals surface area contributed by atoms with Crippen LogP contribution in [0.3, 0.4) is 0 Å². The van der Waals surface area contributed by atoms with Crippen molar-refractivity contribution in [3.05, 3.63) is 59.7 Å². The number of hydrogen-bond donors (Lipinski definition) is 1. The minimum absolute atomic E-state index is 0.0114. The lowest BCUT2D eigenvalue weighted by Crippen LogP contribution is -2.27. The van der Waals surface area contributed by atoms with E-state index < -0.39 is 18.0 Å². The average molecular weight is 503 g/mol. The van der Waals surface area contributed by atoms with Crippen LogP contribution in [0.1, 0.15) is 70.3 Å². The summed E-state index contributed by atoms with van der Waals surface area (Å²) in [6.07, 6.45) is 4.84. The first-order chi connectivity index (χ1) is 17.2. The lowest BCUT2D eigenvalue weighted by atomic mass is 9.99. The molecule has 2 rings (SSSR count). The predicted octanol–water partition coefficient (Wildman–Crippen LogP) is 5.08. The molecule has 0 spiro atoms. The Bertz CT molecular complexity index is 851. The Hall–Kier alpha value is -2.48. The molecule has 1 aliphatic heterocycles. The van der Waals surface area contributed by atoms with Crippen LogP contribution in [0.4, 0.5) is 0 Å². The van der Waals surface area contributed by atoms with Crippen LogP contribution in [0.25, 0.3) is 0 Å². The van der Waals surface area contributed by atoms with E-state index in [1.165, 1.54) is 26.2 Å². The SMILES string of the molecule is C=C(C)C(=O)OCC(CCc1ccc(C2OCC(CCCCC)CO2)cc1)COC(=O)C(=C)C(C)O. The average Bonchev–Trinajstić information content (AvgIpc) is 2.88. The molecular weight excluding hydrogens is 460 g/mol. The highest BCUT2D eigenvalue weighted by Gasteiger charge is 2.23. The van der Waals surface area contributed by atoms with Crippen LogP contribution >= 0.6 is 0 Å². The molecule has 1 aromatic rings. The molecule has 36 heavy (non-hydrogen) atoms. The van der Waals surface area contributed by atoms with Gasteiger partial charge in [0.15, 0.2) is 6.29 Å². The van der Waals surface area contributed by atoms with E-state index in [9.17, 15) is 14.7 Å². The Morgan fingerprint density at radius 1 is 1.06 bits per heavy atom. The third kappa shape index (κ3) is 10.2. The van der Waals surface area contributed by atoms with Crippen LogP contribution in [-0.4, -0.2) is 49.6 Å². The van der Waals surface area contributed by atoms with Crippen LogP contribution < -0.4 is 0 Å². The first-order valence-corrected chi connectivity index (χ1v) is 12.9. The van der Waals surface area contributed by atoms with Gasteiger partial charge in [-0.05, 0) is 38.7 Å². The van der Waals surface area contributed by atoms with E-state index in [4.69, 9.17) is 18.9 Å². The quantitative estimate of drug-likeness (QED) is 0.203.